The minimum atomic E-state index is -0.191. The first-order valence-electron chi connectivity index (χ1n) is 10.0. The number of benzene rings is 2. The number of rotatable bonds is 5. The minimum Gasteiger partial charge on any atom is -0.489 e. The second-order valence-electron chi connectivity index (χ2n) is 7.72. The van der Waals surface area contributed by atoms with E-state index < -0.39 is 0 Å². The topological polar surface area (TPSA) is 60.5 Å². The van der Waals surface area contributed by atoms with E-state index >= 15 is 0 Å². The SMILES string of the molecule is Cc1ccc(NC(=O)c2cc3ccc(C)cc3nc2C)c(OC[C@@H]2CCCO2)c1. The van der Waals surface area contributed by atoms with Crippen LogP contribution >= 0.6 is 0 Å². The lowest BCUT2D eigenvalue weighted by Gasteiger charge is -2.16. The van der Waals surface area contributed by atoms with Crippen LogP contribution in [0, 0.1) is 20.8 Å². The van der Waals surface area contributed by atoms with Gasteiger partial charge >= 0.3 is 0 Å². The van der Waals surface area contributed by atoms with E-state index in [1.807, 2.05) is 63.2 Å². The molecule has 1 fully saturated rings. The zero-order valence-corrected chi connectivity index (χ0v) is 17.1. The maximum absolute atomic E-state index is 13.0. The van der Waals surface area contributed by atoms with Gasteiger partial charge in [0, 0.05) is 12.0 Å². The van der Waals surface area contributed by atoms with Gasteiger partial charge in [-0.15, -0.1) is 0 Å². The van der Waals surface area contributed by atoms with E-state index in [2.05, 4.69) is 10.3 Å². The summed E-state index contributed by atoms with van der Waals surface area (Å²) in [6, 6.07) is 13.7. The number of amides is 1. The summed E-state index contributed by atoms with van der Waals surface area (Å²) in [5.74, 6) is 0.471. The maximum Gasteiger partial charge on any atom is 0.257 e. The predicted octanol–water partition coefficient (Wildman–Crippen LogP) is 4.97. The Labute approximate surface area is 171 Å². The molecule has 0 spiro atoms. The number of nitrogens with zero attached hydrogens (tertiary/aromatic N) is 1. The van der Waals surface area contributed by atoms with Gasteiger partial charge in [0.15, 0.2) is 0 Å². The number of carbonyl (C=O) groups excluding carboxylic acids is 1. The molecule has 4 rings (SSSR count). The van der Waals surface area contributed by atoms with Crippen molar-refractivity contribution in [3.63, 3.8) is 0 Å². The third kappa shape index (κ3) is 4.40. The van der Waals surface area contributed by atoms with Gasteiger partial charge in [0.1, 0.15) is 12.4 Å². The molecule has 1 atom stereocenters. The molecule has 2 heterocycles. The van der Waals surface area contributed by atoms with Crippen molar-refractivity contribution in [1.29, 1.82) is 0 Å². The zero-order chi connectivity index (χ0) is 20.4. The third-order valence-electron chi connectivity index (χ3n) is 5.24. The van der Waals surface area contributed by atoms with Crippen LogP contribution in [0.4, 0.5) is 5.69 Å². The van der Waals surface area contributed by atoms with Gasteiger partial charge in [0.25, 0.3) is 5.91 Å². The summed E-state index contributed by atoms with van der Waals surface area (Å²) in [6.07, 6.45) is 2.20. The molecule has 1 N–H and O–H groups in total. The first kappa shape index (κ1) is 19.4. The molecule has 1 amide bonds. The molecule has 0 saturated carbocycles. The summed E-state index contributed by atoms with van der Waals surface area (Å²) in [6.45, 7) is 7.18. The molecule has 5 heteroatoms. The molecule has 1 aliphatic heterocycles. The normalized spacial score (nSPS) is 16.2. The Morgan fingerprint density at radius 1 is 1.14 bits per heavy atom. The van der Waals surface area contributed by atoms with Crippen molar-refractivity contribution in [3.05, 3.63) is 64.8 Å². The summed E-state index contributed by atoms with van der Waals surface area (Å²) in [5, 5.41) is 3.95. The number of fused-ring (bicyclic) bond motifs is 1. The lowest BCUT2D eigenvalue weighted by molar-refractivity contribution is 0.0681. The van der Waals surface area contributed by atoms with Crippen LogP contribution in [0.25, 0.3) is 10.9 Å². The van der Waals surface area contributed by atoms with E-state index in [1.165, 1.54) is 0 Å². The highest BCUT2D eigenvalue weighted by Gasteiger charge is 2.18. The van der Waals surface area contributed by atoms with E-state index in [0.29, 0.717) is 29.3 Å². The fraction of sp³-hybridized carbons (Fsp3) is 0.333. The Bertz CT molecular complexity index is 1060. The number of aryl methyl sites for hydroxylation is 3. The van der Waals surface area contributed by atoms with E-state index in [4.69, 9.17) is 9.47 Å². The van der Waals surface area contributed by atoms with Gasteiger partial charge in [-0.3, -0.25) is 9.78 Å². The molecule has 0 unspecified atom stereocenters. The molecule has 0 radical (unpaired) electrons. The number of aromatic nitrogens is 1. The fourth-order valence-corrected chi connectivity index (χ4v) is 3.60. The van der Waals surface area contributed by atoms with Gasteiger partial charge in [0.05, 0.1) is 28.6 Å². The first-order valence-corrected chi connectivity index (χ1v) is 10.0. The smallest absolute Gasteiger partial charge is 0.257 e. The van der Waals surface area contributed by atoms with Crippen molar-refractivity contribution in [1.82, 2.24) is 4.98 Å². The van der Waals surface area contributed by atoms with E-state index in [-0.39, 0.29) is 12.0 Å². The Morgan fingerprint density at radius 3 is 2.72 bits per heavy atom. The molecule has 29 heavy (non-hydrogen) atoms. The highest BCUT2D eigenvalue weighted by atomic mass is 16.5. The van der Waals surface area contributed by atoms with Crippen LogP contribution in [-0.4, -0.2) is 30.2 Å². The number of anilines is 1. The molecule has 0 aliphatic carbocycles. The van der Waals surface area contributed by atoms with Crippen LogP contribution in [0.5, 0.6) is 5.75 Å². The highest BCUT2D eigenvalue weighted by Crippen LogP contribution is 2.28. The van der Waals surface area contributed by atoms with Crippen molar-refractivity contribution in [2.24, 2.45) is 0 Å². The average molecular weight is 390 g/mol. The van der Waals surface area contributed by atoms with Crippen LogP contribution < -0.4 is 10.1 Å². The standard InChI is InChI=1S/C24H26N2O3/c1-15-6-8-18-13-20(17(3)25-22(18)11-15)24(27)26-21-9-7-16(2)12-23(21)29-14-19-5-4-10-28-19/h6-9,11-13,19H,4-5,10,14H2,1-3H3,(H,26,27)/t19-/m0/s1. The molecular weight excluding hydrogens is 364 g/mol. The molecule has 2 aromatic carbocycles. The van der Waals surface area contributed by atoms with Gasteiger partial charge in [-0.1, -0.05) is 18.2 Å². The Balaban J connectivity index is 1.57. The molecule has 1 aliphatic rings. The second kappa shape index (κ2) is 8.21. The molecular formula is C24H26N2O3. The van der Waals surface area contributed by atoms with Crippen LogP contribution in [0.15, 0.2) is 42.5 Å². The molecule has 5 nitrogen and oxygen atoms in total. The second-order valence-corrected chi connectivity index (χ2v) is 7.72. The molecule has 3 aromatic rings. The van der Waals surface area contributed by atoms with E-state index in [9.17, 15) is 4.79 Å². The zero-order valence-electron chi connectivity index (χ0n) is 17.1. The maximum atomic E-state index is 13.0. The number of nitrogens with one attached hydrogen (secondary N) is 1. The average Bonchev–Trinajstić information content (AvgIpc) is 3.21. The van der Waals surface area contributed by atoms with Crippen molar-refractivity contribution < 1.29 is 14.3 Å². The summed E-state index contributed by atoms with van der Waals surface area (Å²) < 4.78 is 11.6. The monoisotopic (exact) mass is 390 g/mol. The minimum absolute atomic E-state index is 0.120. The van der Waals surface area contributed by atoms with Gasteiger partial charge in [-0.05, 0) is 69.0 Å². The van der Waals surface area contributed by atoms with Gasteiger partial charge in [-0.25, -0.2) is 0 Å². The number of hydrogen-bond acceptors (Lipinski definition) is 4. The fourth-order valence-electron chi connectivity index (χ4n) is 3.60. The first-order chi connectivity index (χ1) is 14.0. The number of carbonyl (C=O) groups is 1. The summed E-state index contributed by atoms with van der Waals surface area (Å²) in [4.78, 5) is 17.6. The molecule has 1 aromatic heterocycles. The highest BCUT2D eigenvalue weighted by molar-refractivity contribution is 6.07. The summed E-state index contributed by atoms with van der Waals surface area (Å²) in [7, 11) is 0. The van der Waals surface area contributed by atoms with E-state index in [1.54, 1.807) is 0 Å². The Hall–Kier alpha value is -2.92. The lowest BCUT2D eigenvalue weighted by Crippen LogP contribution is -2.18. The van der Waals surface area contributed by atoms with Gasteiger partial charge in [0.2, 0.25) is 0 Å². The quantitative estimate of drug-likeness (QED) is 0.668. The van der Waals surface area contributed by atoms with Gasteiger partial charge in [-0.2, -0.15) is 0 Å². The molecule has 0 bridgehead atoms. The molecule has 1 saturated heterocycles. The van der Waals surface area contributed by atoms with Crippen LogP contribution in [0.2, 0.25) is 0 Å². The Kier molecular flexibility index (Phi) is 5.49. The van der Waals surface area contributed by atoms with Crippen LogP contribution in [-0.2, 0) is 4.74 Å². The number of ether oxygens (including phenoxy) is 2. The summed E-state index contributed by atoms with van der Waals surface area (Å²) in [5.41, 5.74) is 5.04. The van der Waals surface area contributed by atoms with Crippen molar-refractivity contribution >= 4 is 22.5 Å². The predicted molar refractivity (Wildman–Crippen MR) is 115 cm³/mol. The van der Waals surface area contributed by atoms with Crippen molar-refractivity contribution in [2.45, 2.75) is 39.7 Å². The number of pyridine rings is 1. The number of hydrogen-bond donors (Lipinski definition) is 1. The van der Waals surface area contributed by atoms with E-state index in [0.717, 1.165) is 41.5 Å². The summed E-state index contributed by atoms with van der Waals surface area (Å²) >= 11 is 0. The van der Waals surface area contributed by atoms with Crippen molar-refractivity contribution in [2.75, 3.05) is 18.5 Å². The van der Waals surface area contributed by atoms with Crippen LogP contribution in [0.3, 0.4) is 0 Å². The largest absolute Gasteiger partial charge is 0.489 e. The molecule has 150 valence electrons. The Morgan fingerprint density at radius 2 is 1.93 bits per heavy atom. The lowest BCUT2D eigenvalue weighted by atomic mass is 10.1. The van der Waals surface area contributed by atoms with Crippen molar-refractivity contribution in [3.8, 4) is 5.75 Å². The third-order valence-corrected chi connectivity index (χ3v) is 5.24. The van der Waals surface area contributed by atoms with Gasteiger partial charge < -0.3 is 14.8 Å². The van der Waals surface area contributed by atoms with Crippen LogP contribution in [0.1, 0.15) is 40.0 Å².